The molecule has 0 aromatic carbocycles. The van der Waals surface area contributed by atoms with Gasteiger partial charge in [0.25, 0.3) is 0 Å². The summed E-state index contributed by atoms with van der Waals surface area (Å²) in [6.07, 6.45) is 7.30. The predicted molar refractivity (Wildman–Crippen MR) is 106 cm³/mol. The number of aryl methyl sites for hydroxylation is 2. The van der Waals surface area contributed by atoms with Crippen molar-refractivity contribution in [1.82, 2.24) is 30.4 Å². The number of likely N-dealkylation sites (tertiary alicyclic amines) is 1. The molecule has 3 aliphatic rings. The molecule has 5 rings (SSSR count). The van der Waals surface area contributed by atoms with Crippen molar-refractivity contribution in [2.75, 3.05) is 19.6 Å². The molecule has 2 aromatic rings. The van der Waals surface area contributed by atoms with Gasteiger partial charge >= 0.3 is 0 Å². The fourth-order valence-corrected chi connectivity index (χ4v) is 5.46. The highest BCUT2D eigenvalue weighted by molar-refractivity contribution is 5.76. The lowest BCUT2D eigenvalue weighted by Gasteiger charge is -2.29. The SMILES string of the molecule is Cc1nc(CN2C[C@@H]3[C@H](CNC(=O)CCc4cccnc4)[C@H]4CC[C@]3(C2)O4)n[nH]1. The second kappa shape index (κ2) is 7.50. The lowest BCUT2D eigenvalue weighted by atomic mass is 9.73. The van der Waals surface area contributed by atoms with Crippen molar-refractivity contribution in [2.45, 2.75) is 50.9 Å². The van der Waals surface area contributed by atoms with Gasteiger partial charge in [0.15, 0.2) is 5.82 Å². The van der Waals surface area contributed by atoms with E-state index in [0.29, 0.717) is 24.8 Å². The summed E-state index contributed by atoms with van der Waals surface area (Å²) in [6.45, 7) is 5.30. The van der Waals surface area contributed by atoms with Crippen LogP contribution in [0.1, 0.15) is 36.5 Å². The molecule has 0 aliphatic carbocycles. The molecule has 2 aromatic heterocycles. The highest BCUT2D eigenvalue weighted by Gasteiger charge is 2.62. The molecule has 3 fully saturated rings. The number of nitrogens with zero attached hydrogens (tertiary/aromatic N) is 4. The van der Waals surface area contributed by atoms with Crippen LogP contribution in [0.25, 0.3) is 0 Å². The number of rotatable bonds is 7. The minimum atomic E-state index is -0.0406. The molecule has 0 radical (unpaired) electrons. The van der Waals surface area contributed by atoms with E-state index in [9.17, 15) is 4.79 Å². The Bertz CT molecular complexity index is 871. The third-order valence-electron chi connectivity index (χ3n) is 6.76. The summed E-state index contributed by atoms with van der Waals surface area (Å²) >= 11 is 0. The number of nitrogens with one attached hydrogen (secondary N) is 2. The highest BCUT2D eigenvalue weighted by atomic mass is 16.5. The third-order valence-corrected chi connectivity index (χ3v) is 6.76. The van der Waals surface area contributed by atoms with Crippen LogP contribution in [-0.4, -0.2) is 62.3 Å². The molecule has 3 saturated heterocycles. The van der Waals surface area contributed by atoms with Crippen LogP contribution in [0.3, 0.4) is 0 Å². The first kappa shape index (κ1) is 18.7. The summed E-state index contributed by atoms with van der Waals surface area (Å²) < 4.78 is 6.48. The van der Waals surface area contributed by atoms with Crippen molar-refractivity contribution in [3.63, 3.8) is 0 Å². The zero-order chi connectivity index (χ0) is 19.8. The molecule has 5 heterocycles. The minimum absolute atomic E-state index is 0.0406. The minimum Gasteiger partial charge on any atom is -0.370 e. The van der Waals surface area contributed by atoms with Gasteiger partial charge in [-0.1, -0.05) is 6.07 Å². The summed E-state index contributed by atoms with van der Waals surface area (Å²) in [5.74, 6) is 2.66. The third kappa shape index (κ3) is 3.67. The van der Waals surface area contributed by atoms with E-state index in [1.807, 2.05) is 25.3 Å². The molecular weight excluding hydrogens is 368 g/mol. The number of ether oxygens (including phenoxy) is 1. The standard InChI is InChI=1S/C21H28N6O2/c1-14-24-19(26-25-14)12-27-11-17-16(18-6-7-21(17,13-27)29-18)10-23-20(28)5-4-15-3-2-8-22-9-15/h2-3,8-9,16-18H,4-7,10-13H2,1H3,(H,23,28)(H,24,25,26)/t16-,17+,18+,21+/m0/s1. The van der Waals surface area contributed by atoms with E-state index < -0.39 is 0 Å². The monoisotopic (exact) mass is 396 g/mol. The highest BCUT2D eigenvalue weighted by Crippen LogP contribution is 2.54. The summed E-state index contributed by atoms with van der Waals surface area (Å²) in [6, 6.07) is 3.92. The maximum absolute atomic E-state index is 12.4. The molecule has 4 atom stereocenters. The molecule has 3 aliphatic heterocycles. The van der Waals surface area contributed by atoms with E-state index in [-0.39, 0.29) is 17.6 Å². The molecule has 2 bridgehead atoms. The Balaban J connectivity index is 1.16. The molecule has 8 heteroatoms. The van der Waals surface area contributed by atoms with E-state index in [4.69, 9.17) is 4.74 Å². The fourth-order valence-electron chi connectivity index (χ4n) is 5.46. The number of hydrogen-bond donors (Lipinski definition) is 2. The second-order valence-electron chi connectivity index (χ2n) is 8.70. The van der Waals surface area contributed by atoms with Gasteiger partial charge in [-0.25, -0.2) is 4.98 Å². The number of pyridine rings is 1. The Labute approximate surface area is 170 Å². The van der Waals surface area contributed by atoms with E-state index >= 15 is 0 Å². The Kier molecular flexibility index (Phi) is 4.83. The van der Waals surface area contributed by atoms with Crippen LogP contribution in [0.5, 0.6) is 0 Å². The van der Waals surface area contributed by atoms with Gasteiger partial charge in [0.05, 0.1) is 18.2 Å². The van der Waals surface area contributed by atoms with E-state index in [2.05, 4.69) is 30.4 Å². The molecule has 0 unspecified atom stereocenters. The molecule has 1 amide bonds. The van der Waals surface area contributed by atoms with Gasteiger partial charge in [0, 0.05) is 50.3 Å². The molecule has 0 saturated carbocycles. The fraction of sp³-hybridized carbons (Fsp3) is 0.619. The van der Waals surface area contributed by atoms with Gasteiger partial charge in [0.2, 0.25) is 5.91 Å². The average molecular weight is 396 g/mol. The van der Waals surface area contributed by atoms with Gasteiger partial charge < -0.3 is 10.1 Å². The quantitative estimate of drug-likeness (QED) is 0.731. The van der Waals surface area contributed by atoms with Crippen molar-refractivity contribution < 1.29 is 9.53 Å². The molecular formula is C21H28N6O2. The van der Waals surface area contributed by atoms with Crippen LogP contribution < -0.4 is 5.32 Å². The topological polar surface area (TPSA) is 96.0 Å². The number of hydrogen-bond acceptors (Lipinski definition) is 6. The van der Waals surface area contributed by atoms with E-state index in [1.165, 1.54) is 0 Å². The largest absolute Gasteiger partial charge is 0.370 e. The zero-order valence-electron chi connectivity index (χ0n) is 16.8. The lowest BCUT2D eigenvalue weighted by Crippen LogP contribution is -2.41. The second-order valence-corrected chi connectivity index (χ2v) is 8.70. The van der Waals surface area contributed by atoms with E-state index in [0.717, 1.165) is 56.1 Å². The van der Waals surface area contributed by atoms with Crippen molar-refractivity contribution in [3.05, 3.63) is 41.7 Å². The molecule has 8 nitrogen and oxygen atoms in total. The number of aromatic nitrogens is 4. The van der Waals surface area contributed by atoms with Crippen LogP contribution in [0.15, 0.2) is 24.5 Å². The van der Waals surface area contributed by atoms with Gasteiger partial charge in [0.1, 0.15) is 5.82 Å². The summed E-state index contributed by atoms with van der Waals surface area (Å²) in [4.78, 5) is 23.3. The van der Waals surface area contributed by atoms with Gasteiger partial charge in [-0.05, 0) is 37.8 Å². The molecule has 29 heavy (non-hydrogen) atoms. The Morgan fingerprint density at radius 2 is 2.41 bits per heavy atom. The summed E-state index contributed by atoms with van der Waals surface area (Å²) in [5.41, 5.74) is 1.06. The zero-order valence-corrected chi connectivity index (χ0v) is 16.8. The van der Waals surface area contributed by atoms with Crippen molar-refractivity contribution >= 4 is 5.91 Å². The number of H-pyrrole nitrogens is 1. The molecule has 2 N–H and O–H groups in total. The first-order valence-electron chi connectivity index (χ1n) is 10.5. The number of amides is 1. The van der Waals surface area contributed by atoms with Crippen LogP contribution in [-0.2, 0) is 22.5 Å². The Morgan fingerprint density at radius 3 is 3.21 bits per heavy atom. The average Bonchev–Trinajstić information content (AvgIpc) is 3.46. The molecule has 1 spiro atoms. The van der Waals surface area contributed by atoms with Gasteiger partial charge in [-0.15, -0.1) is 0 Å². The first-order valence-corrected chi connectivity index (χ1v) is 10.5. The normalized spacial score (nSPS) is 30.6. The Hall–Kier alpha value is -2.32. The number of carbonyl (C=O) groups excluding carboxylic acids is 1. The van der Waals surface area contributed by atoms with Crippen LogP contribution in [0.4, 0.5) is 0 Å². The van der Waals surface area contributed by atoms with Crippen molar-refractivity contribution in [1.29, 1.82) is 0 Å². The van der Waals surface area contributed by atoms with Gasteiger partial charge in [-0.3, -0.25) is 19.8 Å². The maximum Gasteiger partial charge on any atom is 0.220 e. The van der Waals surface area contributed by atoms with Crippen LogP contribution in [0.2, 0.25) is 0 Å². The number of aromatic amines is 1. The van der Waals surface area contributed by atoms with Crippen LogP contribution >= 0.6 is 0 Å². The predicted octanol–water partition coefficient (Wildman–Crippen LogP) is 1.24. The number of fused-ring (bicyclic) bond motifs is 1. The van der Waals surface area contributed by atoms with Gasteiger partial charge in [-0.2, -0.15) is 5.10 Å². The van der Waals surface area contributed by atoms with Crippen molar-refractivity contribution in [2.24, 2.45) is 11.8 Å². The maximum atomic E-state index is 12.4. The summed E-state index contributed by atoms with van der Waals surface area (Å²) in [7, 11) is 0. The number of carbonyl (C=O) groups is 1. The lowest BCUT2D eigenvalue weighted by molar-refractivity contribution is -0.121. The van der Waals surface area contributed by atoms with E-state index in [1.54, 1.807) is 6.20 Å². The first-order chi connectivity index (χ1) is 14.1. The smallest absolute Gasteiger partial charge is 0.220 e. The summed E-state index contributed by atoms with van der Waals surface area (Å²) in [5, 5.41) is 10.4. The Morgan fingerprint density at radius 1 is 1.48 bits per heavy atom. The van der Waals surface area contributed by atoms with Crippen molar-refractivity contribution in [3.8, 4) is 0 Å². The molecule has 154 valence electrons. The van der Waals surface area contributed by atoms with Crippen LogP contribution in [0, 0.1) is 18.8 Å².